The number of likely N-dealkylation sites (N-methyl/N-ethyl adjacent to an activating group) is 1. The molecule has 3 N–H and O–H groups in total. The molecule has 0 unspecified atom stereocenters. The zero-order chi connectivity index (χ0) is 17.5. The second kappa shape index (κ2) is 9.00. The van der Waals surface area contributed by atoms with Crippen LogP contribution in [0.15, 0.2) is 29.4 Å². The molecule has 1 aliphatic heterocycles. The second-order valence-corrected chi connectivity index (χ2v) is 6.53. The highest BCUT2D eigenvalue weighted by Gasteiger charge is 2.10. The molecular weight excluding hydrogens is 319 g/mol. The van der Waals surface area contributed by atoms with Gasteiger partial charge in [-0.3, -0.25) is 5.01 Å². The smallest absolute Gasteiger partial charge is 0.378 e. The number of anilines is 1. The zero-order valence-corrected chi connectivity index (χ0v) is 14.6. The number of hydrogen-bond acceptors (Lipinski definition) is 5. The van der Waals surface area contributed by atoms with E-state index >= 15 is 0 Å². The number of nitrogens with zero attached hydrogens (tertiary/aromatic N) is 4. The quantitative estimate of drug-likeness (QED) is 0.539. The minimum atomic E-state index is -4.64. The standard InChI is InChI=1S/C14H22N4.H3O4P/c1-16(2)14-6-4-13(5-7-14)12-15-18-10-8-17(3)9-11-18;1-5(2,3)4/h4-7,12H,8-11H2,1-3H3;(H3,1,2,3,4)/b15-12+;. The summed E-state index contributed by atoms with van der Waals surface area (Å²) in [6.45, 7) is 4.22. The highest BCUT2D eigenvalue weighted by atomic mass is 31.2. The molecule has 0 amide bonds. The van der Waals surface area contributed by atoms with E-state index in [-0.39, 0.29) is 0 Å². The average molecular weight is 344 g/mol. The number of phosphoric acid groups is 1. The molecule has 0 bridgehead atoms. The number of hydrogen-bond donors (Lipinski definition) is 3. The maximum atomic E-state index is 8.88. The van der Waals surface area contributed by atoms with Crippen molar-refractivity contribution >= 4 is 19.7 Å². The first-order valence-electron chi connectivity index (χ1n) is 7.18. The van der Waals surface area contributed by atoms with Gasteiger partial charge in [0.15, 0.2) is 0 Å². The SMILES string of the molecule is CN1CCN(/N=C/c2ccc(N(C)C)cc2)CC1.O=P(O)(O)O. The van der Waals surface area contributed by atoms with Crippen LogP contribution in [0.25, 0.3) is 0 Å². The van der Waals surface area contributed by atoms with Gasteiger partial charge in [0.2, 0.25) is 0 Å². The predicted molar refractivity (Wildman–Crippen MR) is 91.7 cm³/mol. The number of hydrazone groups is 1. The van der Waals surface area contributed by atoms with Crippen LogP contribution in [0.5, 0.6) is 0 Å². The lowest BCUT2D eigenvalue weighted by Crippen LogP contribution is -2.41. The Morgan fingerprint density at radius 1 is 1.09 bits per heavy atom. The molecule has 23 heavy (non-hydrogen) atoms. The monoisotopic (exact) mass is 344 g/mol. The molecule has 0 atom stereocenters. The highest BCUT2D eigenvalue weighted by Crippen LogP contribution is 2.25. The van der Waals surface area contributed by atoms with Gasteiger partial charge in [-0.25, -0.2) is 4.57 Å². The summed E-state index contributed by atoms with van der Waals surface area (Å²) in [5.41, 5.74) is 2.37. The molecule has 1 aromatic rings. The fourth-order valence-electron chi connectivity index (χ4n) is 1.92. The summed E-state index contributed by atoms with van der Waals surface area (Å²) >= 11 is 0. The van der Waals surface area contributed by atoms with Crippen molar-refractivity contribution in [2.75, 3.05) is 52.2 Å². The Kier molecular flexibility index (Phi) is 7.67. The topological polar surface area (TPSA) is 99.8 Å². The van der Waals surface area contributed by atoms with Gasteiger partial charge in [-0.15, -0.1) is 0 Å². The summed E-state index contributed by atoms with van der Waals surface area (Å²) in [7, 11) is 1.61. The molecule has 0 aliphatic carbocycles. The van der Waals surface area contributed by atoms with E-state index in [1.54, 1.807) is 0 Å². The Morgan fingerprint density at radius 2 is 1.57 bits per heavy atom. The van der Waals surface area contributed by atoms with Gasteiger partial charge in [0.25, 0.3) is 0 Å². The van der Waals surface area contributed by atoms with Crippen LogP contribution in [0.4, 0.5) is 5.69 Å². The third-order valence-electron chi connectivity index (χ3n) is 3.26. The summed E-state index contributed by atoms with van der Waals surface area (Å²) in [6, 6.07) is 8.44. The van der Waals surface area contributed by atoms with E-state index in [9.17, 15) is 0 Å². The molecule has 1 heterocycles. The summed E-state index contributed by atoms with van der Waals surface area (Å²) in [4.78, 5) is 26.0. The Labute approximate surface area is 136 Å². The van der Waals surface area contributed by atoms with Crippen LogP contribution >= 0.6 is 7.82 Å². The van der Waals surface area contributed by atoms with Crippen molar-refractivity contribution in [2.24, 2.45) is 5.10 Å². The van der Waals surface area contributed by atoms with E-state index < -0.39 is 7.82 Å². The lowest BCUT2D eigenvalue weighted by atomic mass is 10.2. The van der Waals surface area contributed by atoms with Gasteiger partial charge in [-0.2, -0.15) is 5.10 Å². The fourth-order valence-corrected chi connectivity index (χ4v) is 1.92. The fraction of sp³-hybridized carbons (Fsp3) is 0.500. The molecule has 0 radical (unpaired) electrons. The van der Waals surface area contributed by atoms with Crippen LogP contribution in [0, 0.1) is 0 Å². The van der Waals surface area contributed by atoms with Crippen LogP contribution in [0.1, 0.15) is 5.56 Å². The molecule has 1 aliphatic rings. The number of rotatable bonds is 3. The third-order valence-corrected chi connectivity index (χ3v) is 3.26. The Morgan fingerprint density at radius 3 is 2.00 bits per heavy atom. The summed E-state index contributed by atoms with van der Waals surface area (Å²) in [6.07, 6.45) is 1.95. The first-order valence-corrected chi connectivity index (χ1v) is 8.75. The van der Waals surface area contributed by atoms with E-state index in [0.717, 1.165) is 31.7 Å². The molecule has 0 spiro atoms. The van der Waals surface area contributed by atoms with Crippen LogP contribution in [0.2, 0.25) is 0 Å². The van der Waals surface area contributed by atoms with Gasteiger partial charge >= 0.3 is 7.82 Å². The Balaban J connectivity index is 0.000000463. The van der Waals surface area contributed by atoms with Gasteiger partial charge in [0.1, 0.15) is 0 Å². The van der Waals surface area contributed by atoms with Crippen molar-refractivity contribution in [1.29, 1.82) is 0 Å². The molecule has 2 rings (SSSR count). The minimum Gasteiger partial charge on any atom is -0.378 e. The molecule has 130 valence electrons. The largest absolute Gasteiger partial charge is 0.466 e. The molecule has 1 aromatic carbocycles. The lowest BCUT2D eigenvalue weighted by Gasteiger charge is -2.30. The van der Waals surface area contributed by atoms with E-state index in [2.05, 4.69) is 51.2 Å². The Hall–Kier alpha value is -1.44. The van der Waals surface area contributed by atoms with Crippen molar-refractivity contribution in [2.45, 2.75) is 0 Å². The Bertz CT molecular complexity index is 528. The van der Waals surface area contributed by atoms with Gasteiger partial charge in [0, 0.05) is 46.0 Å². The molecular formula is C14H25N4O4P. The molecule has 9 heteroatoms. The number of piperazine rings is 1. The van der Waals surface area contributed by atoms with E-state index in [4.69, 9.17) is 19.2 Å². The normalized spacial score (nSPS) is 16.2. The first kappa shape index (κ1) is 19.6. The van der Waals surface area contributed by atoms with Crippen LogP contribution < -0.4 is 4.90 Å². The molecule has 0 saturated carbocycles. The molecule has 1 saturated heterocycles. The van der Waals surface area contributed by atoms with Gasteiger partial charge in [0.05, 0.1) is 6.21 Å². The second-order valence-electron chi connectivity index (χ2n) is 5.50. The summed E-state index contributed by atoms with van der Waals surface area (Å²) in [5, 5.41) is 6.67. The van der Waals surface area contributed by atoms with Crippen molar-refractivity contribution in [3.05, 3.63) is 29.8 Å². The van der Waals surface area contributed by atoms with Crippen molar-refractivity contribution < 1.29 is 19.2 Å². The van der Waals surface area contributed by atoms with Crippen molar-refractivity contribution in [1.82, 2.24) is 9.91 Å². The van der Waals surface area contributed by atoms with Crippen molar-refractivity contribution in [3.8, 4) is 0 Å². The summed E-state index contributed by atoms with van der Waals surface area (Å²) < 4.78 is 8.88. The highest BCUT2D eigenvalue weighted by molar-refractivity contribution is 7.45. The predicted octanol–water partition coefficient (Wildman–Crippen LogP) is 0.405. The minimum absolute atomic E-state index is 1.02. The molecule has 1 fully saturated rings. The summed E-state index contributed by atoms with van der Waals surface area (Å²) in [5.74, 6) is 0. The molecule has 0 aromatic heterocycles. The van der Waals surface area contributed by atoms with E-state index in [1.807, 2.05) is 20.3 Å². The molecule has 8 nitrogen and oxygen atoms in total. The van der Waals surface area contributed by atoms with E-state index in [1.165, 1.54) is 5.69 Å². The average Bonchev–Trinajstić information content (AvgIpc) is 2.45. The zero-order valence-electron chi connectivity index (χ0n) is 13.7. The first-order chi connectivity index (χ1) is 10.6. The lowest BCUT2D eigenvalue weighted by molar-refractivity contribution is 0.159. The number of benzene rings is 1. The van der Waals surface area contributed by atoms with Gasteiger partial charge in [-0.05, 0) is 24.7 Å². The maximum Gasteiger partial charge on any atom is 0.466 e. The third kappa shape index (κ3) is 9.32. The van der Waals surface area contributed by atoms with Crippen molar-refractivity contribution in [3.63, 3.8) is 0 Å². The van der Waals surface area contributed by atoms with Gasteiger partial charge < -0.3 is 24.5 Å². The van der Waals surface area contributed by atoms with E-state index in [0.29, 0.717) is 0 Å². The maximum absolute atomic E-state index is 8.88. The van der Waals surface area contributed by atoms with Gasteiger partial charge in [-0.1, -0.05) is 12.1 Å². The van der Waals surface area contributed by atoms with Crippen LogP contribution in [-0.4, -0.2) is 78.1 Å². The van der Waals surface area contributed by atoms with Crippen LogP contribution in [0.3, 0.4) is 0 Å². The van der Waals surface area contributed by atoms with Crippen LogP contribution in [-0.2, 0) is 4.57 Å².